The summed E-state index contributed by atoms with van der Waals surface area (Å²) >= 11 is 0. The molecule has 9 nitrogen and oxygen atoms in total. The molecule has 0 saturated heterocycles. The van der Waals surface area contributed by atoms with Gasteiger partial charge in [0.1, 0.15) is 23.7 Å². The Morgan fingerprint density at radius 1 is 1.16 bits per heavy atom. The van der Waals surface area contributed by atoms with Crippen LogP contribution in [0.3, 0.4) is 0 Å². The summed E-state index contributed by atoms with van der Waals surface area (Å²) in [6.45, 7) is 7.00. The fourth-order valence-corrected chi connectivity index (χ4v) is 3.45. The van der Waals surface area contributed by atoms with E-state index >= 15 is 0 Å². The van der Waals surface area contributed by atoms with Crippen molar-refractivity contribution in [2.45, 2.75) is 52.2 Å². The fraction of sp³-hybridized carbons (Fsp3) is 0.357. The minimum absolute atomic E-state index is 0.0339. The van der Waals surface area contributed by atoms with Gasteiger partial charge in [0.25, 0.3) is 5.91 Å². The summed E-state index contributed by atoms with van der Waals surface area (Å²) in [5.41, 5.74) is -0.672. The number of amides is 1. The molecular formula is C28H31FN4O5. The minimum atomic E-state index is -1.26. The largest absolute Gasteiger partial charge is 0.481 e. The zero-order valence-electron chi connectivity index (χ0n) is 21.7. The minimum Gasteiger partial charge on any atom is -0.481 e. The molecule has 3 aromatic rings. The summed E-state index contributed by atoms with van der Waals surface area (Å²) in [5.74, 6) is -2.34. The number of carboxylic acid groups (broad SMARTS) is 1. The van der Waals surface area contributed by atoms with Crippen LogP contribution in [0.15, 0.2) is 54.6 Å². The highest BCUT2D eigenvalue weighted by Crippen LogP contribution is 2.31. The van der Waals surface area contributed by atoms with Gasteiger partial charge in [-0.15, -0.1) is 0 Å². The third kappa shape index (κ3) is 6.95. The van der Waals surface area contributed by atoms with Crippen LogP contribution in [0.4, 0.5) is 4.39 Å². The van der Waals surface area contributed by atoms with E-state index in [-0.39, 0.29) is 36.7 Å². The van der Waals surface area contributed by atoms with E-state index in [0.717, 1.165) is 10.2 Å². The van der Waals surface area contributed by atoms with Crippen LogP contribution in [0.25, 0.3) is 5.69 Å². The summed E-state index contributed by atoms with van der Waals surface area (Å²) in [6, 6.07) is 15.0. The van der Waals surface area contributed by atoms with Crippen LogP contribution >= 0.6 is 0 Å². The molecule has 0 aliphatic heterocycles. The molecule has 38 heavy (non-hydrogen) atoms. The Labute approximate surface area is 220 Å². The van der Waals surface area contributed by atoms with Crippen molar-refractivity contribution < 1.29 is 28.9 Å². The number of aromatic nitrogens is 2. The molecule has 2 atom stereocenters. The summed E-state index contributed by atoms with van der Waals surface area (Å²) in [6.07, 6.45) is -0.146. The van der Waals surface area contributed by atoms with E-state index in [4.69, 9.17) is 10.00 Å². The van der Waals surface area contributed by atoms with Crippen LogP contribution in [0.1, 0.15) is 55.7 Å². The number of para-hydroxylation sites is 1. The Hall–Kier alpha value is -4.23. The second-order valence-electron chi connectivity index (χ2n) is 10.3. The Morgan fingerprint density at radius 2 is 1.82 bits per heavy atom. The second kappa shape index (κ2) is 11.4. The molecule has 200 valence electrons. The number of ether oxygens (including phenoxy) is 1. The lowest BCUT2D eigenvalue weighted by molar-refractivity contribution is -0.137. The molecule has 1 aromatic heterocycles. The number of nitriles is 1. The van der Waals surface area contributed by atoms with Crippen molar-refractivity contribution in [1.29, 1.82) is 5.26 Å². The normalized spacial score (nSPS) is 13.7. The van der Waals surface area contributed by atoms with Gasteiger partial charge >= 0.3 is 5.97 Å². The Kier molecular flexibility index (Phi) is 8.53. The summed E-state index contributed by atoms with van der Waals surface area (Å²) < 4.78 is 21.6. The lowest BCUT2D eigenvalue weighted by atomic mass is 9.78. The Morgan fingerprint density at radius 3 is 2.39 bits per heavy atom. The van der Waals surface area contributed by atoms with Crippen LogP contribution in [0.5, 0.6) is 5.88 Å². The fourth-order valence-electron chi connectivity index (χ4n) is 3.45. The van der Waals surface area contributed by atoms with Crippen LogP contribution < -0.4 is 10.1 Å². The molecule has 2 aromatic carbocycles. The zero-order chi connectivity index (χ0) is 28.1. The number of hydrogen-bond donors (Lipinski definition) is 3. The maximum absolute atomic E-state index is 14.6. The molecule has 0 saturated carbocycles. The predicted molar refractivity (Wildman–Crippen MR) is 137 cm³/mol. The van der Waals surface area contributed by atoms with E-state index < -0.39 is 34.8 Å². The molecule has 0 spiro atoms. The molecule has 10 heteroatoms. The SMILES string of the molecule is CC(C)(C)C(C)(O)COc1cc(C(=O)NC(CC(=O)O)Cc2ccc(C#N)cc2)nn1-c1ccccc1F. The van der Waals surface area contributed by atoms with E-state index in [1.54, 1.807) is 37.3 Å². The molecule has 3 N–H and O–H groups in total. The number of carboxylic acids is 1. The van der Waals surface area contributed by atoms with Crippen LogP contribution in [-0.2, 0) is 11.2 Å². The summed E-state index contributed by atoms with van der Waals surface area (Å²) in [4.78, 5) is 24.6. The Balaban J connectivity index is 1.89. The molecule has 0 bridgehead atoms. The first-order chi connectivity index (χ1) is 17.8. The van der Waals surface area contributed by atoms with Crippen molar-refractivity contribution in [1.82, 2.24) is 15.1 Å². The molecule has 0 aliphatic rings. The van der Waals surface area contributed by atoms with E-state index in [1.165, 1.54) is 24.3 Å². The van der Waals surface area contributed by atoms with Crippen molar-refractivity contribution in [2.75, 3.05) is 6.61 Å². The first-order valence-corrected chi connectivity index (χ1v) is 12.0. The van der Waals surface area contributed by atoms with Gasteiger partial charge in [-0.2, -0.15) is 15.0 Å². The molecule has 0 radical (unpaired) electrons. The van der Waals surface area contributed by atoms with Gasteiger partial charge in [0.15, 0.2) is 5.69 Å². The number of nitrogens with one attached hydrogen (secondary N) is 1. The number of rotatable bonds is 10. The smallest absolute Gasteiger partial charge is 0.305 e. The van der Waals surface area contributed by atoms with E-state index in [1.807, 2.05) is 26.8 Å². The van der Waals surface area contributed by atoms with Gasteiger partial charge < -0.3 is 20.3 Å². The van der Waals surface area contributed by atoms with Crippen LogP contribution in [-0.4, -0.2) is 50.1 Å². The van der Waals surface area contributed by atoms with E-state index in [9.17, 15) is 24.2 Å². The molecule has 1 amide bonds. The van der Waals surface area contributed by atoms with Gasteiger partial charge in [0, 0.05) is 12.1 Å². The third-order valence-corrected chi connectivity index (χ3v) is 6.43. The summed E-state index contributed by atoms with van der Waals surface area (Å²) in [7, 11) is 0. The topological polar surface area (TPSA) is 137 Å². The number of carbonyl (C=O) groups is 2. The van der Waals surface area contributed by atoms with Crippen molar-refractivity contribution in [3.63, 3.8) is 0 Å². The molecule has 3 rings (SSSR count). The lowest BCUT2D eigenvalue weighted by Gasteiger charge is -2.36. The number of aliphatic hydroxyl groups is 1. The van der Waals surface area contributed by atoms with Crippen molar-refractivity contribution in [3.05, 3.63) is 77.2 Å². The van der Waals surface area contributed by atoms with Crippen molar-refractivity contribution in [2.24, 2.45) is 5.41 Å². The molecule has 0 fully saturated rings. The van der Waals surface area contributed by atoms with E-state index in [0.29, 0.717) is 5.56 Å². The summed E-state index contributed by atoms with van der Waals surface area (Å²) in [5, 5.41) is 36.1. The molecular weight excluding hydrogens is 491 g/mol. The number of carbonyl (C=O) groups excluding carboxylic acids is 1. The average molecular weight is 523 g/mol. The zero-order valence-corrected chi connectivity index (χ0v) is 21.7. The third-order valence-electron chi connectivity index (χ3n) is 6.43. The lowest BCUT2D eigenvalue weighted by Crippen LogP contribution is -2.45. The monoisotopic (exact) mass is 522 g/mol. The standard InChI is InChI=1S/C28H31FN4O5/c1-27(2,3)28(4,37)17-38-24-15-22(32-33(24)23-8-6-5-7-21(23)29)26(36)31-20(14-25(34)35)13-18-9-11-19(16-30)12-10-18/h5-12,15,20,37H,13-14,17H2,1-4H3,(H,31,36)(H,34,35). The van der Waals surface area contributed by atoms with Gasteiger partial charge in [0.05, 0.1) is 18.1 Å². The van der Waals surface area contributed by atoms with Gasteiger partial charge in [-0.3, -0.25) is 9.59 Å². The van der Waals surface area contributed by atoms with Crippen LogP contribution in [0.2, 0.25) is 0 Å². The van der Waals surface area contributed by atoms with Crippen molar-refractivity contribution >= 4 is 11.9 Å². The first kappa shape index (κ1) is 28.3. The maximum Gasteiger partial charge on any atom is 0.305 e. The van der Waals surface area contributed by atoms with E-state index in [2.05, 4.69) is 10.4 Å². The van der Waals surface area contributed by atoms with Crippen molar-refractivity contribution in [3.8, 4) is 17.6 Å². The van der Waals surface area contributed by atoms with Gasteiger partial charge in [-0.05, 0) is 48.6 Å². The maximum atomic E-state index is 14.6. The quantitative estimate of drug-likeness (QED) is 0.367. The molecule has 1 heterocycles. The Bertz CT molecular complexity index is 1340. The number of hydrogen-bond acceptors (Lipinski definition) is 6. The van der Waals surface area contributed by atoms with Crippen LogP contribution in [0, 0.1) is 22.6 Å². The molecule has 2 unspecified atom stereocenters. The van der Waals surface area contributed by atoms with Gasteiger partial charge in [-0.1, -0.05) is 45.0 Å². The first-order valence-electron chi connectivity index (χ1n) is 12.0. The highest BCUT2D eigenvalue weighted by Gasteiger charge is 2.36. The predicted octanol–water partition coefficient (Wildman–Crippen LogP) is 3.87. The molecule has 0 aliphatic carbocycles. The number of halogens is 1. The number of benzene rings is 2. The van der Waals surface area contributed by atoms with Gasteiger partial charge in [0.2, 0.25) is 5.88 Å². The highest BCUT2D eigenvalue weighted by molar-refractivity contribution is 5.93. The highest BCUT2D eigenvalue weighted by atomic mass is 19.1. The number of aliphatic carboxylic acids is 1. The second-order valence-corrected chi connectivity index (χ2v) is 10.3. The van der Waals surface area contributed by atoms with Gasteiger partial charge in [-0.25, -0.2) is 4.39 Å². The average Bonchev–Trinajstić information content (AvgIpc) is 3.27. The number of nitrogens with zero attached hydrogens (tertiary/aromatic N) is 3.